The van der Waals surface area contributed by atoms with Crippen LogP contribution in [0.15, 0.2) is 47.1 Å². The van der Waals surface area contributed by atoms with Crippen LogP contribution in [0.25, 0.3) is 0 Å². The number of nitrogens with one attached hydrogen (secondary N) is 1. The number of hydrogen-bond donors (Lipinski definition) is 1. The van der Waals surface area contributed by atoms with Gasteiger partial charge in [-0.3, -0.25) is 9.59 Å². The molecule has 1 fully saturated rings. The molecule has 27 heavy (non-hydrogen) atoms. The molecular formula is C21H26N2O4. The lowest BCUT2D eigenvalue weighted by molar-refractivity contribution is -0.126. The molecule has 0 bridgehead atoms. The molecule has 3 rings (SSSR count). The second-order valence-electron chi connectivity index (χ2n) is 6.74. The summed E-state index contributed by atoms with van der Waals surface area (Å²) in [5, 5.41) is 2.99. The summed E-state index contributed by atoms with van der Waals surface area (Å²) in [4.78, 5) is 26.7. The van der Waals surface area contributed by atoms with E-state index in [1.54, 1.807) is 17.0 Å². The molecule has 1 aliphatic heterocycles. The van der Waals surface area contributed by atoms with Gasteiger partial charge in [0.25, 0.3) is 5.91 Å². The molecule has 1 aromatic carbocycles. The molecular weight excluding hydrogens is 344 g/mol. The summed E-state index contributed by atoms with van der Waals surface area (Å²) in [5.41, 5.74) is 2.16. The van der Waals surface area contributed by atoms with Crippen LogP contribution in [0.5, 0.6) is 0 Å². The third-order valence-corrected chi connectivity index (χ3v) is 4.77. The van der Waals surface area contributed by atoms with Crippen molar-refractivity contribution in [1.82, 2.24) is 10.2 Å². The van der Waals surface area contributed by atoms with Crippen molar-refractivity contribution in [2.75, 3.05) is 19.7 Å². The molecule has 0 spiro atoms. The Morgan fingerprint density at radius 3 is 2.70 bits per heavy atom. The Balaban J connectivity index is 1.49. The minimum atomic E-state index is -0.185. The molecule has 1 saturated heterocycles. The standard InChI is InChI=1S/C21H26N2O4/c1-2-26-15-17-9-7-16(8-10-17)13-22-20(24)18-5-3-11-23(14-18)21(25)19-6-4-12-27-19/h4,6-10,12,18H,2-3,5,11,13-15H2,1H3,(H,22,24). The molecule has 6 nitrogen and oxygen atoms in total. The van der Waals surface area contributed by atoms with Crippen molar-refractivity contribution in [3.05, 3.63) is 59.5 Å². The van der Waals surface area contributed by atoms with Gasteiger partial charge in [-0.05, 0) is 43.0 Å². The van der Waals surface area contributed by atoms with Crippen molar-refractivity contribution in [2.45, 2.75) is 32.9 Å². The third-order valence-electron chi connectivity index (χ3n) is 4.77. The topological polar surface area (TPSA) is 71.8 Å². The van der Waals surface area contributed by atoms with Gasteiger partial charge in [-0.2, -0.15) is 0 Å². The van der Waals surface area contributed by atoms with Gasteiger partial charge in [0.2, 0.25) is 5.91 Å². The highest BCUT2D eigenvalue weighted by molar-refractivity contribution is 5.92. The molecule has 144 valence electrons. The van der Waals surface area contributed by atoms with Crippen LogP contribution in [-0.2, 0) is 22.7 Å². The van der Waals surface area contributed by atoms with Gasteiger partial charge in [-0.15, -0.1) is 0 Å². The first-order chi connectivity index (χ1) is 13.2. The van der Waals surface area contributed by atoms with Crippen LogP contribution in [0.3, 0.4) is 0 Å². The highest BCUT2D eigenvalue weighted by Gasteiger charge is 2.29. The van der Waals surface area contributed by atoms with Crippen molar-refractivity contribution in [3.8, 4) is 0 Å². The van der Waals surface area contributed by atoms with Crippen LogP contribution in [0.2, 0.25) is 0 Å². The number of nitrogens with zero attached hydrogens (tertiary/aromatic N) is 1. The van der Waals surface area contributed by atoms with Gasteiger partial charge in [0.15, 0.2) is 5.76 Å². The van der Waals surface area contributed by atoms with Crippen LogP contribution in [0.4, 0.5) is 0 Å². The Hall–Kier alpha value is -2.60. The van der Waals surface area contributed by atoms with Gasteiger partial charge in [-0.1, -0.05) is 24.3 Å². The molecule has 2 heterocycles. The average molecular weight is 370 g/mol. The number of carbonyl (C=O) groups is 2. The monoisotopic (exact) mass is 370 g/mol. The number of furan rings is 1. The van der Waals surface area contributed by atoms with Crippen LogP contribution < -0.4 is 5.32 Å². The lowest BCUT2D eigenvalue weighted by Crippen LogP contribution is -2.45. The summed E-state index contributed by atoms with van der Waals surface area (Å²) in [6.07, 6.45) is 3.10. The zero-order valence-corrected chi connectivity index (χ0v) is 15.6. The smallest absolute Gasteiger partial charge is 0.289 e. The van der Waals surface area contributed by atoms with Crippen LogP contribution in [0.1, 0.15) is 41.4 Å². The summed E-state index contributed by atoms with van der Waals surface area (Å²) in [6, 6.07) is 11.4. The lowest BCUT2D eigenvalue weighted by Gasteiger charge is -2.31. The van der Waals surface area contributed by atoms with Crippen molar-refractivity contribution >= 4 is 11.8 Å². The summed E-state index contributed by atoms with van der Waals surface area (Å²) >= 11 is 0. The van der Waals surface area contributed by atoms with Gasteiger partial charge in [0.1, 0.15) is 0 Å². The van der Waals surface area contributed by atoms with E-state index in [4.69, 9.17) is 9.15 Å². The molecule has 6 heteroatoms. The maximum atomic E-state index is 12.5. The Kier molecular flexibility index (Phi) is 6.65. The number of hydrogen-bond acceptors (Lipinski definition) is 4. The lowest BCUT2D eigenvalue weighted by atomic mass is 9.96. The van der Waals surface area contributed by atoms with Gasteiger partial charge in [0.05, 0.1) is 18.8 Å². The number of likely N-dealkylation sites (tertiary alicyclic amines) is 1. The van der Waals surface area contributed by atoms with E-state index in [0.29, 0.717) is 38.6 Å². The third kappa shape index (κ3) is 5.20. The van der Waals surface area contributed by atoms with Crippen molar-refractivity contribution in [3.63, 3.8) is 0 Å². The quantitative estimate of drug-likeness (QED) is 0.813. The molecule has 1 atom stereocenters. The highest BCUT2D eigenvalue weighted by Crippen LogP contribution is 2.19. The molecule has 0 radical (unpaired) electrons. The first-order valence-electron chi connectivity index (χ1n) is 9.43. The number of rotatable bonds is 7. The first-order valence-corrected chi connectivity index (χ1v) is 9.43. The van der Waals surface area contributed by atoms with E-state index < -0.39 is 0 Å². The first kappa shape index (κ1) is 19.2. The zero-order chi connectivity index (χ0) is 19.1. The summed E-state index contributed by atoms with van der Waals surface area (Å²) in [7, 11) is 0. The van der Waals surface area contributed by atoms with Gasteiger partial charge in [-0.25, -0.2) is 0 Å². The largest absolute Gasteiger partial charge is 0.459 e. The van der Waals surface area contributed by atoms with Crippen molar-refractivity contribution in [2.24, 2.45) is 5.92 Å². The zero-order valence-electron chi connectivity index (χ0n) is 15.6. The molecule has 0 aliphatic carbocycles. The molecule has 1 aromatic heterocycles. The van der Waals surface area contributed by atoms with E-state index in [1.165, 1.54) is 6.26 Å². The predicted molar refractivity (Wildman–Crippen MR) is 101 cm³/mol. The van der Waals surface area contributed by atoms with Crippen LogP contribution in [0, 0.1) is 5.92 Å². The molecule has 1 aliphatic rings. The molecule has 1 N–H and O–H groups in total. The second kappa shape index (κ2) is 9.37. The number of amides is 2. The van der Waals surface area contributed by atoms with Crippen LogP contribution in [-0.4, -0.2) is 36.4 Å². The minimum Gasteiger partial charge on any atom is -0.459 e. The number of benzene rings is 1. The number of piperidine rings is 1. The predicted octanol–water partition coefficient (Wildman–Crippen LogP) is 2.98. The maximum Gasteiger partial charge on any atom is 0.289 e. The van der Waals surface area contributed by atoms with E-state index in [0.717, 1.165) is 24.0 Å². The van der Waals surface area contributed by atoms with Gasteiger partial charge >= 0.3 is 0 Å². The fourth-order valence-electron chi connectivity index (χ4n) is 3.24. The van der Waals surface area contributed by atoms with Crippen molar-refractivity contribution < 1.29 is 18.7 Å². The molecule has 2 aromatic rings. The summed E-state index contributed by atoms with van der Waals surface area (Å²) < 4.78 is 10.6. The highest BCUT2D eigenvalue weighted by atomic mass is 16.5. The summed E-state index contributed by atoms with van der Waals surface area (Å²) in [6.45, 7) is 4.83. The normalized spacial score (nSPS) is 16.9. The molecule has 1 unspecified atom stereocenters. The van der Waals surface area contributed by atoms with E-state index in [-0.39, 0.29) is 17.7 Å². The fourth-order valence-corrected chi connectivity index (χ4v) is 3.24. The SMILES string of the molecule is CCOCc1ccc(CNC(=O)C2CCCN(C(=O)c3ccco3)C2)cc1. The van der Waals surface area contributed by atoms with Crippen molar-refractivity contribution in [1.29, 1.82) is 0 Å². The van der Waals surface area contributed by atoms with E-state index in [9.17, 15) is 9.59 Å². The average Bonchev–Trinajstić information content (AvgIpc) is 3.25. The Morgan fingerprint density at radius 1 is 1.22 bits per heavy atom. The Bertz CT molecular complexity index is 740. The number of carbonyl (C=O) groups excluding carboxylic acids is 2. The van der Waals surface area contributed by atoms with Gasteiger partial charge in [0, 0.05) is 26.2 Å². The molecule has 0 saturated carbocycles. The van der Waals surface area contributed by atoms with Gasteiger partial charge < -0.3 is 19.4 Å². The van der Waals surface area contributed by atoms with E-state index >= 15 is 0 Å². The molecule has 2 amide bonds. The number of ether oxygens (including phenoxy) is 1. The minimum absolute atomic E-state index is 0.00895. The Labute approximate surface area is 159 Å². The second-order valence-corrected chi connectivity index (χ2v) is 6.74. The van der Waals surface area contributed by atoms with Crippen LogP contribution >= 0.6 is 0 Å². The van der Waals surface area contributed by atoms with E-state index in [1.807, 2.05) is 31.2 Å². The fraction of sp³-hybridized carbons (Fsp3) is 0.429. The van der Waals surface area contributed by atoms with E-state index in [2.05, 4.69) is 5.32 Å². The Morgan fingerprint density at radius 2 is 2.00 bits per heavy atom. The maximum absolute atomic E-state index is 12.5. The summed E-state index contributed by atoms with van der Waals surface area (Å²) in [5.74, 6) is -0.0224.